The Hall–Kier alpha value is -1.91. The molecule has 1 saturated heterocycles. The lowest BCUT2D eigenvalue weighted by molar-refractivity contribution is -0.0465. The van der Waals surface area contributed by atoms with E-state index in [0.29, 0.717) is 0 Å². The Labute approximate surface area is 154 Å². The number of fused-ring (bicyclic) bond motifs is 1. The third-order valence-electron chi connectivity index (χ3n) is 3.70. The second-order valence-electron chi connectivity index (χ2n) is 5.86. The van der Waals surface area contributed by atoms with E-state index >= 15 is 0 Å². The highest BCUT2D eigenvalue weighted by molar-refractivity contribution is 7.86. The molecule has 3 heterocycles. The smallest absolute Gasteiger partial charge is 0.264 e. The van der Waals surface area contributed by atoms with Crippen LogP contribution in [0, 0.1) is 0 Å². The Balaban J connectivity index is 2.10. The van der Waals surface area contributed by atoms with Crippen molar-refractivity contribution in [2.45, 2.75) is 24.5 Å². The zero-order chi connectivity index (χ0) is 20.0. The molecule has 1 aliphatic rings. The number of rotatable bonds is 6. The number of imidazole rings is 1. The van der Waals surface area contributed by atoms with Crippen LogP contribution in [0.2, 0.25) is 0 Å². The fourth-order valence-corrected chi connectivity index (χ4v) is 4.00. The molecule has 1 aliphatic heterocycles. The number of aliphatic hydroxyl groups is 1. The molecule has 2 aromatic heterocycles. The van der Waals surface area contributed by atoms with E-state index in [1.54, 1.807) is 0 Å². The number of nitrogen functional groups attached to an aromatic ring is 1. The highest BCUT2D eigenvalue weighted by atomic mass is 32.2. The van der Waals surface area contributed by atoms with Gasteiger partial charge in [-0.2, -0.15) is 16.8 Å². The lowest BCUT2D eigenvalue weighted by Gasteiger charge is -2.22. The lowest BCUT2D eigenvalue weighted by Crippen LogP contribution is -2.40. The Morgan fingerprint density at radius 2 is 1.78 bits per heavy atom. The molecule has 3 rings (SSSR count). The van der Waals surface area contributed by atoms with Gasteiger partial charge in [0, 0.05) is 0 Å². The van der Waals surface area contributed by atoms with Gasteiger partial charge in [0.15, 0.2) is 23.8 Å². The van der Waals surface area contributed by atoms with E-state index in [1.807, 2.05) is 0 Å². The first-order chi connectivity index (χ1) is 12.5. The van der Waals surface area contributed by atoms with Crippen LogP contribution in [0.1, 0.15) is 6.23 Å². The second kappa shape index (κ2) is 6.92. The summed E-state index contributed by atoms with van der Waals surface area (Å²) in [5.74, 6) is 0.0833. The van der Waals surface area contributed by atoms with E-state index < -0.39 is 51.4 Å². The molecular weight excluding hydrogens is 406 g/mol. The van der Waals surface area contributed by atoms with Crippen LogP contribution in [-0.2, 0) is 33.3 Å². The number of hydrogen-bond acceptors (Lipinski definition) is 12. The first-order valence-electron chi connectivity index (χ1n) is 7.46. The average molecular weight is 423 g/mol. The van der Waals surface area contributed by atoms with Crippen LogP contribution in [0.3, 0.4) is 0 Å². The Morgan fingerprint density at radius 1 is 1.15 bits per heavy atom. The van der Waals surface area contributed by atoms with Crippen LogP contribution in [0.4, 0.5) is 5.82 Å². The summed E-state index contributed by atoms with van der Waals surface area (Å²) in [5, 5.41) is 9.55. The first kappa shape index (κ1) is 19.8. The molecule has 0 spiro atoms. The number of aromatic nitrogens is 4. The second-order valence-corrected chi connectivity index (χ2v) is 9.06. The Kier molecular flexibility index (Phi) is 5.08. The molecule has 4 atom stereocenters. The normalized spacial score (nSPS) is 26.6. The molecule has 4 unspecified atom stereocenters. The van der Waals surface area contributed by atoms with Crippen molar-refractivity contribution >= 4 is 37.2 Å². The van der Waals surface area contributed by atoms with E-state index in [0.717, 1.165) is 12.5 Å². The Bertz CT molecular complexity index is 1050. The first-order valence-corrected chi connectivity index (χ1v) is 11.1. The van der Waals surface area contributed by atoms with Crippen LogP contribution in [0.25, 0.3) is 11.2 Å². The van der Waals surface area contributed by atoms with Gasteiger partial charge in [-0.25, -0.2) is 15.0 Å². The van der Waals surface area contributed by atoms with Gasteiger partial charge < -0.3 is 15.6 Å². The molecule has 0 bridgehead atoms. The third-order valence-corrected chi connectivity index (χ3v) is 4.84. The van der Waals surface area contributed by atoms with Crippen molar-refractivity contribution in [3.05, 3.63) is 12.7 Å². The number of aliphatic hydroxyl groups excluding tert-OH is 1. The van der Waals surface area contributed by atoms with Gasteiger partial charge in [-0.1, -0.05) is 0 Å². The van der Waals surface area contributed by atoms with E-state index in [9.17, 15) is 21.9 Å². The van der Waals surface area contributed by atoms with Gasteiger partial charge in [0.25, 0.3) is 20.2 Å². The third kappa shape index (κ3) is 4.17. The highest BCUT2D eigenvalue weighted by Gasteiger charge is 2.50. The summed E-state index contributed by atoms with van der Waals surface area (Å²) in [4.78, 5) is 11.9. The molecule has 0 amide bonds. The van der Waals surface area contributed by atoms with Crippen LogP contribution in [-0.4, -0.2) is 78.9 Å². The van der Waals surface area contributed by atoms with Gasteiger partial charge >= 0.3 is 0 Å². The minimum atomic E-state index is -4.04. The zero-order valence-electron chi connectivity index (χ0n) is 14.2. The van der Waals surface area contributed by atoms with Crippen molar-refractivity contribution in [2.24, 2.45) is 0 Å². The molecule has 27 heavy (non-hydrogen) atoms. The predicted molar refractivity (Wildman–Crippen MR) is 90.2 cm³/mol. The predicted octanol–water partition coefficient (Wildman–Crippen LogP) is -2.01. The summed E-state index contributed by atoms with van der Waals surface area (Å²) < 4.78 is 63.5. The molecule has 2 aromatic rings. The molecule has 0 radical (unpaired) electrons. The number of anilines is 1. The van der Waals surface area contributed by atoms with Crippen molar-refractivity contribution in [3.8, 4) is 0 Å². The van der Waals surface area contributed by atoms with Gasteiger partial charge in [0.1, 0.15) is 24.1 Å². The minimum absolute atomic E-state index is 0.0833. The van der Waals surface area contributed by atoms with Crippen LogP contribution >= 0.6 is 0 Å². The molecule has 1 fully saturated rings. The summed E-state index contributed by atoms with van der Waals surface area (Å²) in [5.41, 5.74) is 6.16. The largest absolute Gasteiger partial charge is 0.394 e. The fraction of sp³-hybridized carbons (Fsp3) is 0.583. The monoisotopic (exact) mass is 423 g/mol. The maximum Gasteiger partial charge on any atom is 0.264 e. The summed E-state index contributed by atoms with van der Waals surface area (Å²) in [6.07, 6.45) is -1.27. The highest BCUT2D eigenvalue weighted by Crippen LogP contribution is 2.36. The van der Waals surface area contributed by atoms with Crippen molar-refractivity contribution in [3.63, 3.8) is 0 Å². The van der Waals surface area contributed by atoms with Crippen molar-refractivity contribution in [2.75, 3.05) is 24.9 Å². The van der Waals surface area contributed by atoms with Crippen molar-refractivity contribution in [1.29, 1.82) is 0 Å². The quantitative estimate of drug-likeness (QED) is 0.487. The molecule has 13 nitrogen and oxygen atoms in total. The van der Waals surface area contributed by atoms with E-state index in [4.69, 9.17) is 18.8 Å². The number of nitrogens with two attached hydrogens (primary N) is 1. The SMILES string of the molecule is CS(=O)(=O)OC1C(CO)OC(n2cnc3c(N)ncnc32)C1OS(C)(=O)=O. The summed E-state index contributed by atoms with van der Waals surface area (Å²) in [6, 6.07) is 0. The summed E-state index contributed by atoms with van der Waals surface area (Å²) >= 11 is 0. The number of nitrogens with zero attached hydrogens (tertiary/aromatic N) is 4. The maximum atomic E-state index is 11.7. The average Bonchev–Trinajstić information content (AvgIpc) is 3.08. The van der Waals surface area contributed by atoms with Crippen molar-refractivity contribution < 1.29 is 35.0 Å². The summed E-state index contributed by atoms with van der Waals surface area (Å²) in [7, 11) is -8.06. The molecule has 3 N–H and O–H groups in total. The Morgan fingerprint density at radius 3 is 2.37 bits per heavy atom. The molecule has 0 aromatic carbocycles. The minimum Gasteiger partial charge on any atom is -0.394 e. The van der Waals surface area contributed by atoms with E-state index in [-0.39, 0.29) is 17.0 Å². The number of hydrogen-bond donors (Lipinski definition) is 2. The summed E-state index contributed by atoms with van der Waals surface area (Å²) in [6.45, 7) is -0.649. The molecule has 0 saturated carbocycles. The lowest BCUT2D eigenvalue weighted by atomic mass is 10.1. The van der Waals surface area contributed by atoms with Gasteiger partial charge in [0.2, 0.25) is 0 Å². The van der Waals surface area contributed by atoms with E-state index in [1.165, 1.54) is 17.2 Å². The van der Waals surface area contributed by atoms with Gasteiger partial charge in [0.05, 0.1) is 25.4 Å². The maximum absolute atomic E-state index is 11.7. The van der Waals surface area contributed by atoms with Crippen LogP contribution < -0.4 is 5.73 Å². The molecule has 150 valence electrons. The van der Waals surface area contributed by atoms with Gasteiger partial charge in [-0.15, -0.1) is 0 Å². The fourth-order valence-electron chi connectivity index (χ4n) is 2.76. The molecular formula is C12H17N5O8S2. The van der Waals surface area contributed by atoms with Gasteiger partial charge in [-0.05, 0) is 0 Å². The molecule has 0 aliphatic carbocycles. The molecule has 15 heteroatoms. The van der Waals surface area contributed by atoms with Crippen molar-refractivity contribution in [1.82, 2.24) is 19.5 Å². The zero-order valence-corrected chi connectivity index (χ0v) is 15.8. The standard InChI is InChI=1S/C12H17N5O8S2/c1-26(19,20)24-8-6(3-18)23-12(9(8)25-27(2,21)22)17-5-16-7-10(13)14-4-15-11(7)17/h4-6,8-9,12,18H,3H2,1-2H3,(H2,13,14,15). The van der Waals surface area contributed by atoms with E-state index in [2.05, 4.69) is 15.0 Å². The van der Waals surface area contributed by atoms with Gasteiger partial charge in [-0.3, -0.25) is 12.9 Å². The topological polar surface area (TPSA) is 186 Å². The number of ether oxygens (including phenoxy) is 1. The van der Waals surface area contributed by atoms with Crippen LogP contribution in [0.5, 0.6) is 0 Å². The van der Waals surface area contributed by atoms with Crippen LogP contribution in [0.15, 0.2) is 12.7 Å².